The van der Waals surface area contributed by atoms with E-state index in [-0.39, 0.29) is 6.03 Å². The van der Waals surface area contributed by atoms with Crippen LogP contribution in [-0.2, 0) is 9.59 Å². The number of alkyl halides is 6. The molecule has 0 aromatic heterocycles. The summed E-state index contributed by atoms with van der Waals surface area (Å²) in [6.07, 6.45) is -7.94. The number of hydrogen-bond donors (Lipinski definition) is 3. The highest BCUT2D eigenvalue weighted by atomic mass is 19.4. The Bertz CT molecular complexity index is 365. The molecule has 0 unspecified atom stereocenters. The van der Waals surface area contributed by atoms with Gasteiger partial charge in [-0.1, -0.05) is 0 Å². The first-order valence-corrected chi connectivity index (χ1v) is 5.34. The van der Waals surface area contributed by atoms with E-state index in [2.05, 4.69) is 0 Å². The van der Waals surface area contributed by atoms with Crippen molar-refractivity contribution >= 4 is 18.0 Å². The van der Waals surface area contributed by atoms with Gasteiger partial charge < -0.3 is 20.8 Å². The van der Waals surface area contributed by atoms with E-state index in [9.17, 15) is 31.1 Å². The summed E-state index contributed by atoms with van der Waals surface area (Å²) in [5, 5.41) is 14.2. The summed E-state index contributed by atoms with van der Waals surface area (Å²) in [6, 6.07) is -0.275. The predicted molar refractivity (Wildman–Crippen MR) is 57.8 cm³/mol. The zero-order chi connectivity index (χ0) is 18.1. The van der Waals surface area contributed by atoms with Gasteiger partial charge in [-0.15, -0.1) is 0 Å². The van der Waals surface area contributed by atoms with Crippen LogP contribution >= 0.6 is 0 Å². The van der Waals surface area contributed by atoms with Crippen LogP contribution in [0, 0.1) is 0 Å². The van der Waals surface area contributed by atoms with Crippen LogP contribution in [0.25, 0.3) is 0 Å². The number of carbonyl (C=O) groups excluding carboxylic acids is 1. The molecule has 1 fully saturated rings. The van der Waals surface area contributed by atoms with E-state index in [1.54, 1.807) is 4.90 Å². The number of carbonyl (C=O) groups is 3. The molecule has 0 aromatic carbocycles. The zero-order valence-electron chi connectivity index (χ0n) is 10.7. The maximum atomic E-state index is 10.6. The smallest absolute Gasteiger partial charge is 0.475 e. The second-order valence-electron chi connectivity index (χ2n) is 3.64. The summed E-state index contributed by atoms with van der Waals surface area (Å²) in [7, 11) is 0. The summed E-state index contributed by atoms with van der Waals surface area (Å²) in [4.78, 5) is 29.8. The van der Waals surface area contributed by atoms with E-state index in [1.165, 1.54) is 0 Å². The van der Waals surface area contributed by atoms with Crippen molar-refractivity contribution in [3.05, 3.63) is 0 Å². The average Bonchev–Trinajstić information content (AvgIpc) is 2.81. The second-order valence-corrected chi connectivity index (χ2v) is 3.64. The molecule has 4 N–H and O–H groups in total. The van der Waals surface area contributed by atoms with E-state index in [0.29, 0.717) is 0 Å². The fraction of sp³-hybridized carbons (Fsp3) is 0.667. The van der Waals surface area contributed by atoms with Crippen LogP contribution in [-0.4, -0.2) is 58.5 Å². The molecule has 2 amide bonds. The fourth-order valence-electron chi connectivity index (χ4n) is 0.938. The summed E-state index contributed by atoms with van der Waals surface area (Å²) < 4.78 is 63.5. The second kappa shape index (κ2) is 8.94. The molecule has 1 heterocycles. The zero-order valence-corrected chi connectivity index (χ0v) is 10.7. The lowest BCUT2D eigenvalue weighted by atomic mass is 10.4. The first kappa shape index (κ1) is 22.1. The number of hydrogen-bond acceptors (Lipinski definition) is 3. The van der Waals surface area contributed by atoms with Crippen molar-refractivity contribution in [1.29, 1.82) is 0 Å². The first-order chi connectivity index (χ1) is 9.69. The van der Waals surface area contributed by atoms with Crippen molar-refractivity contribution in [1.82, 2.24) is 4.90 Å². The van der Waals surface area contributed by atoms with Gasteiger partial charge in [0, 0.05) is 13.1 Å². The van der Waals surface area contributed by atoms with Crippen molar-refractivity contribution in [2.45, 2.75) is 25.2 Å². The summed E-state index contributed by atoms with van der Waals surface area (Å²) >= 11 is 0. The minimum atomic E-state index is -5.08. The SMILES string of the molecule is NC(=O)N1CCCC1.O=C(O)C(F)(F)F.O=C(O)C(F)(F)F. The number of rotatable bonds is 0. The molecular formula is C9H12F6N2O5. The van der Waals surface area contributed by atoms with Crippen LogP contribution in [0.3, 0.4) is 0 Å². The fourth-order valence-corrected chi connectivity index (χ4v) is 0.938. The molecule has 0 radical (unpaired) electrons. The van der Waals surface area contributed by atoms with Crippen molar-refractivity contribution in [2.75, 3.05) is 13.1 Å². The van der Waals surface area contributed by atoms with Crippen LogP contribution in [0.15, 0.2) is 0 Å². The van der Waals surface area contributed by atoms with Gasteiger partial charge in [-0.3, -0.25) is 0 Å². The molecule has 130 valence electrons. The number of nitrogens with two attached hydrogens (primary N) is 1. The minimum Gasteiger partial charge on any atom is -0.475 e. The molecule has 22 heavy (non-hydrogen) atoms. The number of urea groups is 1. The van der Waals surface area contributed by atoms with E-state index in [1.807, 2.05) is 0 Å². The van der Waals surface area contributed by atoms with Gasteiger partial charge in [0.2, 0.25) is 0 Å². The summed E-state index contributed by atoms with van der Waals surface area (Å²) in [6.45, 7) is 1.71. The molecule has 0 bridgehead atoms. The van der Waals surface area contributed by atoms with Crippen LogP contribution in [0.4, 0.5) is 31.1 Å². The van der Waals surface area contributed by atoms with Gasteiger partial charge in [0.15, 0.2) is 0 Å². The molecule has 1 rings (SSSR count). The normalized spacial score (nSPS) is 14.2. The van der Waals surface area contributed by atoms with Crippen molar-refractivity contribution in [2.24, 2.45) is 5.73 Å². The van der Waals surface area contributed by atoms with Crippen molar-refractivity contribution < 1.29 is 50.9 Å². The first-order valence-electron chi connectivity index (χ1n) is 5.34. The third-order valence-corrected chi connectivity index (χ3v) is 1.90. The van der Waals surface area contributed by atoms with Gasteiger partial charge in [-0.2, -0.15) is 26.3 Å². The lowest BCUT2D eigenvalue weighted by Gasteiger charge is -2.09. The maximum absolute atomic E-state index is 10.6. The number of halogens is 6. The maximum Gasteiger partial charge on any atom is 0.490 e. The Kier molecular flexibility index (Phi) is 8.97. The standard InChI is InChI=1S/C5H10N2O.2C2HF3O2/c6-5(8)7-3-1-2-4-7;2*3-2(4,5)1(6)7/h1-4H2,(H2,6,8);2*(H,6,7). The van der Waals surface area contributed by atoms with Crippen LogP contribution < -0.4 is 5.73 Å². The molecule has 13 heteroatoms. The predicted octanol–water partition coefficient (Wildman–Crippen LogP) is 1.43. The number of likely N-dealkylation sites (tertiary alicyclic amines) is 1. The van der Waals surface area contributed by atoms with Crippen LogP contribution in [0.1, 0.15) is 12.8 Å². The van der Waals surface area contributed by atoms with Gasteiger partial charge in [0.25, 0.3) is 0 Å². The topological polar surface area (TPSA) is 121 Å². The van der Waals surface area contributed by atoms with E-state index in [0.717, 1.165) is 25.9 Å². The third-order valence-electron chi connectivity index (χ3n) is 1.90. The highest BCUT2D eigenvalue weighted by Gasteiger charge is 2.38. The molecule has 0 aromatic rings. The van der Waals surface area contributed by atoms with Crippen LogP contribution in [0.2, 0.25) is 0 Å². The molecule has 7 nitrogen and oxygen atoms in total. The quantitative estimate of drug-likeness (QED) is 0.575. The Morgan fingerprint density at radius 2 is 1.05 bits per heavy atom. The molecule has 0 spiro atoms. The summed E-state index contributed by atoms with van der Waals surface area (Å²) in [5.74, 6) is -5.51. The molecular weight excluding hydrogens is 330 g/mol. The molecule has 0 atom stereocenters. The number of carboxylic acids is 2. The summed E-state index contributed by atoms with van der Waals surface area (Å²) in [5.41, 5.74) is 4.98. The number of carboxylic acid groups (broad SMARTS) is 2. The Hall–Kier alpha value is -2.21. The lowest BCUT2D eigenvalue weighted by Crippen LogP contribution is -2.32. The van der Waals surface area contributed by atoms with E-state index < -0.39 is 24.3 Å². The minimum absolute atomic E-state index is 0.275. The number of amides is 2. The van der Waals surface area contributed by atoms with Gasteiger partial charge in [-0.05, 0) is 12.8 Å². The number of aliphatic carboxylic acids is 2. The lowest BCUT2D eigenvalue weighted by molar-refractivity contribution is -0.193. The van der Waals surface area contributed by atoms with Gasteiger partial charge in [0.05, 0.1) is 0 Å². The number of primary amides is 1. The highest BCUT2D eigenvalue weighted by molar-refractivity contribution is 5.73. The molecule has 0 aliphatic carbocycles. The Balaban J connectivity index is 0. The van der Waals surface area contributed by atoms with Crippen molar-refractivity contribution in [3.8, 4) is 0 Å². The molecule has 1 aliphatic rings. The Labute approximate surface area is 119 Å². The highest BCUT2D eigenvalue weighted by Crippen LogP contribution is 2.13. The van der Waals surface area contributed by atoms with E-state index in [4.69, 9.17) is 25.5 Å². The molecule has 0 saturated carbocycles. The molecule has 1 saturated heterocycles. The monoisotopic (exact) mass is 342 g/mol. The number of nitrogens with zero attached hydrogens (tertiary/aromatic N) is 1. The van der Waals surface area contributed by atoms with Gasteiger partial charge in [0.1, 0.15) is 0 Å². The average molecular weight is 342 g/mol. The van der Waals surface area contributed by atoms with Crippen LogP contribution in [0.5, 0.6) is 0 Å². The van der Waals surface area contributed by atoms with Crippen molar-refractivity contribution in [3.63, 3.8) is 0 Å². The van der Waals surface area contributed by atoms with E-state index >= 15 is 0 Å². The van der Waals surface area contributed by atoms with Gasteiger partial charge >= 0.3 is 30.3 Å². The third kappa shape index (κ3) is 11.6. The Morgan fingerprint density at radius 3 is 1.14 bits per heavy atom. The van der Waals surface area contributed by atoms with Gasteiger partial charge in [-0.25, -0.2) is 14.4 Å². The molecule has 1 aliphatic heterocycles. The largest absolute Gasteiger partial charge is 0.490 e. The Morgan fingerprint density at radius 1 is 0.818 bits per heavy atom.